The van der Waals surface area contributed by atoms with Gasteiger partial charge in [0, 0.05) is 17.8 Å². The molecule has 0 fully saturated rings. The van der Waals surface area contributed by atoms with E-state index >= 15 is 0 Å². The minimum absolute atomic E-state index is 1.09. The molecule has 2 unspecified atom stereocenters. The van der Waals surface area contributed by atoms with E-state index in [1.54, 1.807) is 6.20 Å². The normalized spacial score (nSPS) is 13.2. The van der Waals surface area contributed by atoms with Crippen molar-refractivity contribution < 1.29 is 30.0 Å². The molecule has 0 bridgehead atoms. The summed E-state index contributed by atoms with van der Waals surface area (Å²) in [6.07, 6.45) is 0.979. The zero-order valence-corrected chi connectivity index (χ0v) is 9.59. The van der Waals surface area contributed by atoms with Gasteiger partial charge in [-0.2, -0.15) is 0 Å². The Morgan fingerprint density at radius 3 is 2.16 bits per heavy atom. The number of aliphatic hydroxyl groups is 2. The average molecular weight is 268 g/mol. The van der Waals surface area contributed by atoms with Crippen LogP contribution in [-0.4, -0.2) is 54.5 Å². The van der Waals surface area contributed by atoms with E-state index in [-0.39, 0.29) is 0 Å². The zero-order chi connectivity index (χ0) is 14.4. The first kappa shape index (κ1) is 14.6. The van der Waals surface area contributed by atoms with Crippen molar-refractivity contribution in [2.75, 3.05) is 0 Å². The maximum Gasteiger partial charge on any atom is 0.335 e. The van der Waals surface area contributed by atoms with Gasteiger partial charge in [0.05, 0.1) is 11.7 Å². The molecule has 0 saturated carbocycles. The van der Waals surface area contributed by atoms with E-state index in [0.29, 0.717) is 0 Å². The summed E-state index contributed by atoms with van der Waals surface area (Å²) in [6, 6.07) is 4.00. The van der Waals surface area contributed by atoms with E-state index in [1.807, 2.05) is 24.5 Å². The highest BCUT2D eigenvalue weighted by atomic mass is 16.4. The number of aliphatic carboxylic acids is 2. The first-order valence-corrected chi connectivity index (χ1v) is 5.12. The van der Waals surface area contributed by atoms with E-state index in [2.05, 4.69) is 9.97 Å². The Balaban J connectivity index is 0.000000190. The van der Waals surface area contributed by atoms with Crippen LogP contribution in [0, 0.1) is 0 Å². The van der Waals surface area contributed by atoms with Crippen LogP contribution in [0.15, 0.2) is 30.7 Å². The van der Waals surface area contributed by atoms with E-state index in [9.17, 15) is 9.59 Å². The lowest BCUT2D eigenvalue weighted by atomic mass is 10.2. The smallest absolute Gasteiger partial charge is 0.335 e. The number of nitrogens with zero attached hydrogens (tertiary/aromatic N) is 1. The molecule has 5 N–H and O–H groups in total. The number of hydrogen-bond donors (Lipinski definition) is 5. The van der Waals surface area contributed by atoms with Crippen molar-refractivity contribution in [1.29, 1.82) is 0 Å². The number of fused-ring (bicyclic) bond motifs is 1. The highest BCUT2D eigenvalue weighted by Gasteiger charge is 2.29. The highest BCUT2D eigenvalue weighted by molar-refractivity contribution is 5.83. The molecule has 0 aliphatic rings. The van der Waals surface area contributed by atoms with Gasteiger partial charge in [0.2, 0.25) is 0 Å². The van der Waals surface area contributed by atoms with Crippen LogP contribution >= 0.6 is 0 Å². The third-order valence-corrected chi connectivity index (χ3v) is 2.16. The van der Waals surface area contributed by atoms with Crippen molar-refractivity contribution in [3.05, 3.63) is 30.7 Å². The molecular formula is C11H12N2O6. The number of rotatable bonds is 3. The third kappa shape index (κ3) is 4.05. The monoisotopic (exact) mass is 268 g/mol. The SMILES string of the molecule is O=C(O)C(O)C(O)C(=O)O.c1cc2cc[nH]c2cn1. The fraction of sp³-hybridized carbons (Fsp3) is 0.182. The van der Waals surface area contributed by atoms with Gasteiger partial charge in [-0.05, 0) is 12.1 Å². The van der Waals surface area contributed by atoms with Gasteiger partial charge >= 0.3 is 11.9 Å². The maximum absolute atomic E-state index is 9.77. The summed E-state index contributed by atoms with van der Waals surface area (Å²) in [7, 11) is 0. The highest BCUT2D eigenvalue weighted by Crippen LogP contribution is 2.07. The van der Waals surface area contributed by atoms with Gasteiger partial charge in [-0.3, -0.25) is 4.98 Å². The lowest BCUT2D eigenvalue weighted by Gasteiger charge is -2.07. The Hall–Kier alpha value is -2.45. The van der Waals surface area contributed by atoms with Gasteiger partial charge in [0.25, 0.3) is 0 Å². The van der Waals surface area contributed by atoms with Gasteiger partial charge in [-0.15, -0.1) is 0 Å². The Morgan fingerprint density at radius 2 is 1.68 bits per heavy atom. The Bertz CT molecular complexity index is 519. The van der Waals surface area contributed by atoms with Crippen LogP contribution in [0.25, 0.3) is 10.9 Å². The first-order valence-electron chi connectivity index (χ1n) is 5.12. The Labute approximate surface area is 107 Å². The summed E-state index contributed by atoms with van der Waals surface area (Å²) < 4.78 is 0. The van der Waals surface area contributed by atoms with Crippen LogP contribution in [0.5, 0.6) is 0 Å². The molecular weight excluding hydrogens is 256 g/mol. The third-order valence-electron chi connectivity index (χ3n) is 2.16. The zero-order valence-electron chi connectivity index (χ0n) is 9.59. The molecule has 0 aromatic carbocycles. The fourth-order valence-electron chi connectivity index (χ4n) is 1.16. The van der Waals surface area contributed by atoms with E-state index in [4.69, 9.17) is 20.4 Å². The van der Waals surface area contributed by atoms with Gasteiger partial charge in [-0.25, -0.2) is 9.59 Å². The summed E-state index contributed by atoms with van der Waals surface area (Å²) in [6.45, 7) is 0. The summed E-state index contributed by atoms with van der Waals surface area (Å²) in [5, 5.41) is 33.7. The van der Waals surface area contributed by atoms with Crippen molar-refractivity contribution in [1.82, 2.24) is 9.97 Å². The molecule has 0 aliphatic carbocycles. The molecule has 2 aromatic heterocycles. The summed E-state index contributed by atoms with van der Waals surface area (Å²) in [4.78, 5) is 26.6. The molecule has 19 heavy (non-hydrogen) atoms. The molecule has 8 nitrogen and oxygen atoms in total. The van der Waals surface area contributed by atoms with Gasteiger partial charge in [-0.1, -0.05) is 0 Å². The van der Waals surface area contributed by atoms with Crippen LogP contribution in [0.1, 0.15) is 0 Å². The summed E-state index contributed by atoms with van der Waals surface area (Å²) in [5.74, 6) is -3.54. The Morgan fingerprint density at radius 1 is 1.11 bits per heavy atom. The lowest BCUT2D eigenvalue weighted by Crippen LogP contribution is -2.39. The molecule has 2 heterocycles. The molecule has 0 saturated heterocycles. The van der Waals surface area contributed by atoms with Crippen molar-refractivity contribution in [2.45, 2.75) is 12.2 Å². The van der Waals surface area contributed by atoms with Crippen LogP contribution in [0.2, 0.25) is 0 Å². The Kier molecular flexibility index (Phi) is 4.98. The second kappa shape index (κ2) is 6.47. The number of carboxylic acid groups (broad SMARTS) is 2. The van der Waals surface area contributed by atoms with Crippen molar-refractivity contribution in [3.8, 4) is 0 Å². The molecule has 2 rings (SSSR count). The van der Waals surface area contributed by atoms with Gasteiger partial charge in [0.15, 0.2) is 12.2 Å². The van der Waals surface area contributed by atoms with Crippen LogP contribution in [-0.2, 0) is 9.59 Å². The molecule has 0 amide bonds. The standard InChI is InChI=1S/C7H6N2.C4H6O6/c1-3-8-5-7-6(1)2-4-9-7;5-1(3(7)8)2(6)4(9)10/h1-5,9H;1-2,5-6H,(H,7,8)(H,9,10). The number of aliphatic hydroxyl groups excluding tert-OH is 2. The van der Waals surface area contributed by atoms with Crippen molar-refractivity contribution in [3.63, 3.8) is 0 Å². The number of carboxylic acids is 2. The number of aromatic nitrogens is 2. The van der Waals surface area contributed by atoms with Crippen LogP contribution in [0.4, 0.5) is 0 Å². The minimum Gasteiger partial charge on any atom is -0.479 e. The fourth-order valence-corrected chi connectivity index (χ4v) is 1.16. The molecule has 8 heteroatoms. The van der Waals surface area contributed by atoms with Crippen molar-refractivity contribution in [2.24, 2.45) is 0 Å². The second-order valence-corrected chi connectivity index (χ2v) is 3.51. The minimum atomic E-state index is -2.27. The van der Waals surface area contributed by atoms with Crippen LogP contribution < -0.4 is 0 Å². The lowest BCUT2D eigenvalue weighted by molar-refractivity contribution is -0.165. The number of nitrogens with one attached hydrogen (secondary N) is 1. The number of hydrogen-bond acceptors (Lipinski definition) is 5. The number of carbonyl (C=O) groups is 2. The number of pyridine rings is 1. The largest absolute Gasteiger partial charge is 0.479 e. The molecule has 2 atom stereocenters. The molecule has 0 spiro atoms. The molecule has 0 radical (unpaired) electrons. The van der Waals surface area contributed by atoms with Crippen molar-refractivity contribution >= 4 is 22.8 Å². The average Bonchev–Trinajstić information content (AvgIpc) is 2.85. The van der Waals surface area contributed by atoms with Gasteiger partial charge in [0.1, 0.15) is 0 Å². The van der Waals surface area contributed by atoms with Gasteiger partial charge < -0.3 is 25.4 Å². The quantitative estimate of drug-likeness (QED) is 0.501. The number of aromatic amines is 1. The molecule has 2 aromatic rings. The topological polar surface area (TPSA) is 144 Å². The number of H-pyrrole nitrogens is 1. The van der Waals surface area contributed by atoms with E-state index < -0.39 is 24.1 Å². The van der Waals surface area contributed by atoms with E-state index in [0.717, 1.165) is 5.52 Å². The van der Waals surface area contributed by atoms with Crippen LogP contribution in [0.3, 0.4) is 0 Å². The molecule has 102 valence electrons. The first-order chi connectivity index (χ1) is 8.93. The molecule has 0 aliphatic heterocycles. The summed E-state index contributed by atoms with van der Waals surface area (Å²) in [5.41, 5.74) is 1.09. The predicted molar refractivity (Wildman–Crippen MR) is 63.4 cm³/mol. The maximum atomic E-state index is 9.77. The van der Waals surface area contributed by atoms with E-state index in [1.165, 1.54) is 5.39 Å². The second-order valence-electron chi connectivity index (χ2n) is 3.51. The predicted octanol–water partition coefficient (Wildman–Crippen LogP) is -0.560. The summed E-state index contributed by atoms with van der Waals surface area (Å²) >= 11 is 0.